The zero-order valence-electron chi connectivity index (χ0n) is 12.8. The monoisotopic (exact) mass is 336 g/mol. The summed E-state index contributed by atoms with van der Waals surface area (Å²) >= 11 is 5.52. The van der Waals surface area contributed by atoms with E-state index in [1.165, 1.54) is 6.08 Å². The highest BCUT2D eigenvalue weighted by atomic mass is 35.5. The highest BCUT2D eigenvalue weighted by Gasteiger charge is 2.11. The lowest BCUT2D eigenvalue weighted by molar-refractivity contribution is -0.136. The summed E-state index contributed by atoms with van der Waals surface area (Å²) in [5, 5.41) is 9.14. The fourth-order valence-electron chi connectivity index (χ4n) is 2.02. The predicted molar refractivity (Wildman–Crippen MR) is 87.1 cm³/mol. The van der Waals surface area contributed by atoms with Crippen LogP contribution in [0.1, 0.15) is 11.3 Å². The average Bonchev–Trinajstić information content (AvgIpc) is 2.97. The first-order chi connectivity index (χ1) is 11.0. The highest BCUT2D eigenvalue weighted by molar-refractivity contribution is 6.18. The van der Waals surface area contributed by atoms with Gasteiger partial charge in [0.1, 0.15) is 12.4 Å². The molecule has 0 spiro atoms. The molecule has 7 heteroatoms. The van der Waals surface area contributed by atoms with E-state index in [0.717, 1.165) is 11.4 Å². The molecule has 1 N–H and O–H groups in total. The Balaban J connectivity index is 2.36. The molecule has 122 valence electrons. The van der Waals surface area contributed by atoms with Gasteiger partial charge in [-0.25, -0.2) is 9.78 Å². The molecule has 0 unspecified atom stereocenters. The van der Waals surface area contributed by atoms with Crippen LogP contribution in [-0.4, -0.2) is 40.2 Å². The summed E-state index contributed by atoms with van der Waals surface area (Å²) in [6.07, 6.45) is 4.99. The van der Waals surface area contributed by atoms with E-state index < -0.39 is 5.97 Å². The summed E-state index contributed by atoms with van der Waals surface area (Å²) in [6, 6.07) is 5.34. The number of aromatic nitrogens is 2. The van der Waals surface area contributed by atoms with Crippen molar-refractivity contribution in [2.75, 3.05) is 19.6 Å². The number of hydrogen-bond donors (Lipinski definition) is 1. The fraction of sp³-hybridized carbons (Fsp3) is 0.250. The van der Waals surface area contributed by atoms with E-state index in [2.05, 4.69) is 4.98 Å². The number of alkyl halides is 1. The molecule has 0 amide bonds. The molecule has 0 radical (unpaired) electrons. The Morgan fingerprint density at radius 2 is 2.26 bits per heavy atom. The van der Waals surface area contributed by atoms with Gasteiger partial charge in [0.2, 0.25) is 5.76 Å². The number of ether oxygens (including phenoxy) is 2. The van der Waals surface area contributed by atoms with Crippen LogP contribution in [0.2, 0.25) is 0 Å². The van der Waals surface area contributed by atoms with Gasteiger partial charge in [-0.15, -0.1) is 11.6 Å². The van der Waals surface area contributed by atoms with E-state index in [-0.39, 0.29) is 18.2 Å². The Labute approximate surface area is 138 Å². The quantitative estimate of drug-likeness (QED) is 0.478. The van der Waals surface area contributed by atoms with E-state index in [0.29, 0.717) is 11.3 Å². The largest absolute Gasteiger partial charge is 0.495 e. The van der Waals surface area contributed by atoms with Crippen LogP contribution in [0.3, 0.4) is 0 Å². The van der Waals surface area contributed by atoms with Gasteiger partial charge in [-0.2, -0.15) is 0 Å². The van der Waals surface area contributed by atoms with Gasteiger partial charge in [-0.05, 0) is 30.7 Å². The van der Waals surface area contributed by atoms with Gasteiger partial charge in [-0.1, -0.05) is 6.07 Å². The topological polar surface area (TPSA) is 73.6 Å². The number of carbonyl (C=O) groups is 1. The second-order valence-electron chi connectivity index (χ2n) is 4.70. The Hall–Kier alpha value is -2.47. The van der Waals surface area contributed by atoms with E-state index in [4.69, 9.17) is 26.2 Å². The van der Waals surface area contributed by atoms with E-state index in [1.807, 2.05) is 23.8 Å². The lowest BCUT2D eigenvalue weighted by Gasteiger charge is -2.10. The van der Waals surface area contributed by atoms with Crippen molar-refractivity contribution >= 4 is 23.6 Å². The number of methoxy groups -OCH3 is 1. The number of rotatable bonds is 7. The van der Waals surface area contributed by atoms with Crippen LogP contribution in [0.5, 0.6) is 5.75 Å². The summed E-state index contributed by atoms with van der Waals surface area (Å²) in [7, 11) is 1.55. The second kappa shape index (κ2) is 7.69. The third kappa shape index (κ3) is 4.26. The minimum Gasteiger partial charge on any atom is -0.495 e. The van der Waals surface area contributed by atoms with Crippen LogP contribution >= 0.6 is 11.6 Å². The normalized spacial score (nSPS) is 11.3. The zero-order chi connectivity index (χ0) is 16.8. The van der Waals surface area contributed by atoms with Gasteiger partial charge in [0.05, 0.1) is 30.7 Å². The Kier molecular flexibility index (Phi) is 5.65. The molecule has 2 aromatic rings. The van der Waals surface area contributed by atoms with Crippen molar-refractivity contribution in [2.24, 2.45) is 0 Å². The molecule has 0 fully saturated rings. The fourth-order valence-corrected chi connectivity index (χ4v) is 2.09. The third-order valence-electron chi connectivity index (χ3n) is 3.04. The number of aryl methyl sites for hydroxylation is 1. The number of carboxylic acid groups (broad SMARTS) is 1. The summed E-state index contributed by atoms with van der Waals surface area (Å²) < 4.78 is 12.3. The van der Waals surface area contributed by atoms with Crippen molar-refractivity contribution < 1.29 is 19.4 Å². The van der Waals surface area contributed by atoms with Crippen molar-refractivity contribution in [1.82, 2.24) is 9.55 Å². The number of nitrogens with zero attached hydrogens (tertiary/aromatic N) is 2. The third-order valence-corrected chi connectivity index (χ3v) is 3.19. The number of halogens is 1. The minimum atomic E-state index is -1.15. The van der Waals surface area contributed by atoms with Crippen LogP contribution in [0, 0.1) is 6.92 Å². The Bertz CT molecular complexity index is 725. The molecule has 0 saturated carbocycles. The van der Waals surface area contributed by atoms with Gasteiger partial charge in [0.15, 0.2) is 0 Å². The smallest absolute Gasteiger partial charge is 0.371 e. The van der Waals surface area contributed by atoms with E-state index >= 15 is 0 Å². The van der Waals surface area contributed by atoms with Crippen LogP contribution in [0.15, 0.2) is 36.5 Å². The minimum absolute atomic E-state index is 0.128. The molecule has 1 aromatic carbocycles. The molecule has 0 bridgehead atoms. The Morgan fingerprint density at radius 1 is 1.48 bits per heavy atom. The molecule has 0 aliphatic rings. The van der Waals surface area contributed by atoms with Gasteiger partial charge >= 0.3 is 5.97 Å². The van der Waals surface area contributed by atoms with Crippen LogP contribution < -0.4 is 4.74 Å². The maximum atomic E-state index is 11.2. The van der Waals surface area contributed by atoms with Gasteiger partial charge in [0, 0.05) is 6.20 Å². The average molecular weight is 337 g/mol. The molecular formula is C16H17ClN2O4. The number of benzene rings is 1. The summed E-state index contributed by atoms with van der Waals surface area (Å²) in [5.74, 6) is -0.507. The first-order valence-corrected chi connectivity index (χ1v) is 7.41. The summed E-state index contributed by atoms with van der Waals surface area (Å²) in [4.78, 5) is 15.4. The van der Waals surface area contributed by atoms with Crippen LogP contribution in [0.25, 0.3) is 11.8 Å². The van der Waals surface area contributed by atoms with E-state index in [1.54, 1.807) is 25.6 Å². The standard InChI is InChI=1S/C16H17ClN2O4/c1-11-9-19(10-18-11)13-4-3-12(7-14(13)22-2)8-15(16(20)21)23-6-5-17/h3-4,7-10H,5-6H2,1-2H3,(H,20,21)/b15-8-. The highest BCUT2D eigenvalue weighted by Crippen LogP contribution is 2.25. The zero-order valence-corrected chi connectivity index (χ0v) is 13.6. The molecule has 0 aliphatic carbocycles. The SMILES string of the molecule is COc1cc(/C=C(\OCCCl)C(=O)O)ccc1-n1cnc(C)c1. The number of imidazole rings is 1. The van der Waals surface area contributed by atoms with Gasteiger partial charge in [-0.3, -0.25) is 0 Å². The predicted octanol–water partition coefficient (Wildman–Crippen LogP) is 2.87. The molecule has 6 nitrogen and oxygen atoms in total. The molecule has 0 aliphatic heterocycles. The van der Waals surface area contributed by atoms with Crippen molar-refractivity contribution in [3.8, 4) is 11.4 Å². The number of aliphatic carboxylic acids is 1. The number of hydrogen-bond acceptors (Lipinski definition) is 4. The van der Waals surface area contributed by atoms with Crippen LogP contribution in [-0.2, 0) is 9.53 Å². The van der Waals surface area contributed by atoms with Crippen molar-refractivity contribution in [3.63, 3.8) is 0 Å². The van der Waals surface area contributed by atoms with Gasteiger partial charge < -0.3 is 19.1 Å². The van der Waals surface area contributed by atoms with Gasteiger partial charge in [0.25, 0.3) is 0 Å². The summed E-state index contributed by atoms with van der Waals surface area (Å²) in [6.45, 7) is 2.02. The summed E-state index contributed by atoms with van der Waals surface area (Å²) in [5.41, 5.74) is 2.34. The maximum absolute atomic E-state index is 11.2. The molecule has 0 saturated heterocycles. The molecule has 1 aromatic heterocycles. The maximum Gasteiger partial charge on any atom is 0.371 e. The lowest BCUT2D eigenvalue weighted by Crippen LogP contribution is -2.06. The molecule has 1 heterocycles. The van der Waals surface area contributed by atoms with Crippen molar-refractivity contribution in [1.29, 1.82) is 0 Å². The lowest BCUT2D eigenvalue weighted by atomic mass is 10.1. The molecule has 0 atom stereocenters. The first kappa shape index (κ1) is 16.9. The van der Waals surface area contributed by atoms with Crippen molar-refractivity contribution in [3.05, 3.63) is 47.7 Å². The number of carboxylic acids is 1. The molecular weight excluding hydrogens is 320 g/mol. The molecule has 2 rings (SSSR count). The van der Waals surface area contributed by atoms with Crippen LogP contribution in [0.4, 0.5) is 0 Å². The molecule has 23 heavy (non-hydrogen) atoms. The van der Waals surface area contributed by atoms with E-state index in [9.17, 15) is 4.79 Å². The second-order valence-corrected chi connectivity index (χ2v) is 5.08. The van der Waals surface area contributed by atoms with Crippen molar-refractivity contribution in [2.45, 2.75) is 6.92 Å². The first-order valence-electron chi connectivity index (χ1n) is 6.88. The Morgan fingerprint density at radius 3 is 2.83 bits per heavy atom.